The number of carboxylic acids is 1. The van der Waals surface area contributed by atoms with Gasteiger partial charge in [0.2, 0.25) is 5.91 Å². The first kappa shape index (κ1) is 22.8. The van der Waals surface area contributed by atoms with E-state index in [-0.39, 0.29) is 22.9 Å². The number of likely N-dealkylation sites (tertiary alicyclic amines) is 1. The van der Waals surface area contributed by atoms with E-state index in [1.165, 1.54) is 12.1 Å². The van der Waals surface area contributed by atoms with Crippen molar-refractivity contribution >= 4 is 40.9 Å². The van der Waals surface area contributed by atoms with Gasteiger partial charge >= 0.3 is 5.97 Å². The van der Waals surface area contributed by atoms with Crippen LogP contribution in [0.2, 0.25) is 0 Å². The Morgan fingerprint density at radius 2 is 1.91 bits per heavy atom. The first-order valence-electron chi connectivity index (χ1n) is 10.7. The minimum Gasteiger partial charge on any atom is -0.478 e. The van der Waals surface area contributed by atoms with Crippen molar-refractivity contribution in [2.45, 2.75) is 26.7 Å². The van der Waals surface area contributed by atoms with Crippen molar-refractivity contribution in [2.24, 2.45) is 5.92 Å². The summed E-state index contributed by atoms with van der Waals surface area (Å²) in [5.74, 6) is -0.257. The number of furan rings is 1. The van der Waals surface area contributed by atoms with Gasteiger partial charge in [0.05, 0.1) is 10.5 Å². The van der Waals surface area contributed by atoms with Gasteiger partial charge in [-0.15, -0.1) is 0 Å². The fourth-order valence-electron chi connectivity index (χ4n) is 3.91. The first-order chi connectivity index (χ1) is 15.7. The second-order valence-corrected chi connectivity index (χ2v) is 9.36. The van der Waals surface area contributed by atoms with Gasteiger partial charge in [0.1, 0.15) is 18.1 Å². The number of hydrogen-bond acceptors (Lipinski definition) is 6. The molecule has 2 fully saturated rings. The van der Waals surface area contributed by atoms with Crippen molar-refractivity contribution in [1.29, 1.82) is 0 Å². The number of piperidine rings is 1. The molecular weight excluding hydrogens is 444 g/mol. The second-order valence-electron chi connectivity index (χ2n) is 8.37. The molecule has 4 rings (SSSR count). The Morgan fingerprint density at radius 3 is 2.58 bits per heavy atom. The fourth-order valence-corrected chi connectivity index (χ4v) is 4.73. The Kier molecular flexibility index (Phi) is 6.42. The molecule has 0 radical (unpaired) electrons. The Morgan fingerprint density at radius 1 is 1.18 bits per heavy atom. The monoisotopic (exact) mass is 468 g/mol. The first-order valence-corrected chi connectivity index (χ1v) is 11.5. The summed E-state index contributed by atoms with van der Waals surface area (Å²) in [5.41, 5.74) is 1.65. The van der Waals surface area contributed by atoms with Crippen LogP contribution in [0.3, 0.4) is 0 Å². The number of nitrogens with zero attached hydrogens (tertiary/aromatic N) is 2. The number of carboxylic acid groups (broad SMARTS) is 1. The second kappa shape index (κ2) is 9.27. The number of hydrogen-bond donors (Lipinski definition) is 1. The van der Waals surface area contributed by atoms with Crippen LogP contribution in [0.15, 0.2) is 39.7 Å². The number of aromatic carboxylic acids is 1. The van der Waals surface area contributed by atoms with E-state index in [9.17, 15) is 19.2 Å². The lowest BCUT2D eigenvalue weighted by molar-refractivity contribution is -0.136. The number of thioether (sulfide) groups is 1. The lowest BCUT2D eigenvalue weighted by Crippen LogP contribution is -2.45. The van der Waals surface area contributed by atoms with E-state index in [2.05, 4.69) is 6.92 Å². The Hall–Kier alpha value is -3.33. The topological polar surface area (TPSA) is 108 Å². The van der Waals surface area contributed by atoms with Crippen molar-refractivity contribution in [2.75, 3.05) is 19.6 Å². The van der Waals surface area contributed by atoms with Crippen LogP contribution in [0.5, 0.6) is 0 Å². The lowest BCUT2D eigenvalue weighted by atomic mass is 9.99. The molecule has 0 bridgehead atoms. The summed E-state index contributed by atoms with van der Waals surface area (Å²) in [6.07, 6.45) is 3.34. The summed E-state index contributed by atoms with van der Waals surface area (Å²) in [5, 5.41) is 8.65. The summed E-state index contributed by atoms with van der Waals surface area (Å²) >= 11 is 0.782. The van der Waals surface area contributed by atoms with E-state index in [4.69, 9.17) is 9.52 Å². The van der Waals surface area contributed by atoms with Crippen LogP contribution in [0.25, 0.3) is 17.4 Å². The van der Waals surface area contributed by atoms with Gasteiger partial charge in [0.15, 0.2) is 0 Å². The Bertz CT molecular complexity index is 1160. The van der Waals surface area contributed by atoms with Crippen LogP contribution in [-0.2, 0) is 9.59 Å². The fraction of sp³-hybridized carbons (Fsp3) is 0.333. The molecule has 2 aromatic rings. The van der Waals surface area contributed by atoms with Gasteiger partial charge in [0.25, 0.3) is 11.1 Å². The number of rotatable bonds is 5. The van der Waals surface area contributed by atoms with Crippen LogP contribution in [-0.4, -0.2) is 57.6 Å². The molecule has 1 aromatic heterocycles. The zero-order valence-corrected chi connectivity index (χ0v) is 19.2. The van der Waals surface area contributed by atoms with E-state index in [1.807, 2.05) is 0 Å². The molecule has 0 aliphatic carbocycles. The number of imide groups is 1. The van der Waals surface area contributed by atoms with Crippen molar-refractivity contribution in [3.8, 4) is 11.3 Å². The van der Waals surface area contributed by atoms with Gasteiger partial charge in [-0.1, -0.05) is 13.0 Å². The third-order valence-electron chi connectivity index (χ3n) is 5.94. The molecule has 9 heteroatoms. The summed E-state index contributed by atoms with van der Waals surface area (Å²) < 4.78 is 5.82. The molecule has 1 N–H and O–H groups in total. The largest absolute Gasteiger partial charge is 0.478 e. The summed E-state index contributed by atoms with van der Waals surface area (Å²) in [6.45, 7) is 4.97. The normalized spacial score (nSPS) is 18.4. The molecule has 2 aliphatic heterocycles. The molecular formula is C24H24N2O6S. The minimum atomic E-state index is -1.01. The summed E-state index contributed by atoms with van der Waals surface area (Å²) in [6, 6.07) is 8.12. The van der Waals surface area contributed by atoms with E-state index in [1.54, 1.807) is 36.1 Å². The van der Waals surface area contributed by atoms with Crippen LogP contribution in [0, 0.1) is 12.8 Å². The molecule has 2 aliphatic rings. The quantitative estimate of drug-likeness (QED) is 0.654. The number of amides is 3. The highest BCUT2D eigenvalue weighted by Crippen LogP contribution is 2.34. The maximum atomic E-state index is 12.8. The summed E-state index contributed by atoms with van der Waals surface area (Å²) in [4.78, 5) is 51.8. The Labute approximate surface area is 195 Å². The van der Waals surface area contributed by atoms with Crippen molar-refractivity contribution < 1.29 is 28.7 Å². The SMILES string of the molecule is Cc1cc(C(=O)O)ccc1-c1ccc(/C=C2\SC(=O)N(CC(=O)N3CCC(C)CC3)C2=O)o1. The molecule has 3 heterocycles. The maximum Gasteiger partial charge on any atom is 0.335 e. The minimum absolute atomic E-state index is 0.185. The number of aryl methyl sites for hydroxylation is 1. The predicted octanol–water partition coefficient (Wildman–Crippen LogP) is 4.25. The molecule has 0 atom stereocenters. The van der Waals surface area contributed by atoms with Crippen LogP contribution >= 0.6 is 11.8 Å². The van der Waals surface area contributed by atoms with Crippen LogP contribution in [0.4, 0.5) is 4.79 Å². The van der Waals surface area contributed by atoms with Crippen molar-refractivity contribution in [3.63, 3.8) is 0 Å². The number of carbonyl (C=O) groups is 4. The average Bonchev–Trinajstić information content (AvgIpc) is 3.34. The molecule has 0 saturated carbocycles. The molecule has 1 aromatic carbocycles. The molecule has 0 unspecified atom stereocenters. The molecule has 172 valence electrons. The number of carbonyl (C=O) groups excluding carboxylic acids is 3. The van der Waals surface area contributed by atoms with E-state index in [0.717, 1.165) is 40.6 Å². The van der Waals surface area contributed by atoms with Crippen LogP contribution < -0.4 is 0 Å². The third-order valence-corrected chi connectivity index (χ3v) is 6.85. The standard InChI is InChI=1S/C24H24N2O6S/c1-14-7-9-25(10-8-14)21(27)13-26-22(28)20(33-24(26)31)12-17-4-6-19(32-17)18-5-3-16(23(29)30)11-15(18)2/h3-6,11-12,14H,7-10,13H2,1-2H3,(H,29,30)/b20-12-. The summed E-state index contributed by atoms with van der Waals surface area (Å²) in [7, 11) is 0. The maximum absolute atomic E-state index is 12.8. The number of benzene rings is 1. The predicted molar refractivity (Wildman–Crippen MR) is 123 cm³/mol. The van der Waals surface area contributed by atoms with Gasteiger partial charge in [-0.3, -0.25) is 19.3 Å². The van der Waals surface area contributed by atoms with Gasteiger partial charge in [-0.05, 0) is 67.3 Å². The highest BCUT2D eigenvalue weighted by atomic mass is 32.2. The van der Waals surface area contributed by atoms with Gasteiger partial charge < -0.3 is 14.4 Å². The molecule has 8 nitrogen and oxygen atoms in total. The van der Waals surface area contributed by atoms with E-state index < -0.39 is 17.1 Å². The van der Waals surface area contributed by atoms with E-state index in [0.29, 0.717) is 30.5 Å². The smallest absolute Gasteiger partial charge is 0.335 e. The lowest BCUT2D eigenvalue weighted by Gasteiger charge is -2.31. The average molecular weight is 469 g/mol. The zero-order chi connectivity index (χ0) is 23.7. The van der Waals surface area contributed by atoms with Gasteiger partial charge in [0, 0.05) is 24.7 Å². The molecule has 0 spiro atoms. The molecule has 33 heavy (non-hydrogen) atoms. The van der Waals surface area contributed by atoms with E-state index >= 15 is 0 Å². The third kappa shape index (κ3) is 4.88. The Balaban J connectivity index is 1.46. The highest BCUT2D eigenvalue weighted by Gasteiger charge is 2.37. The molecule has 2 saturated heterocycles. The van der Waals surface area contributed by atoms with Crippen molar-refractivity contribution in [1.82, 2.24) is 9.80 Å². The van der Waals surface area contributed by atoms with Gasteiger partial charge in [-0.2, -0.15) is 0 Å². The highest BCUT2D eigenvalue weighted by molar-refractivity contribution is 8.18. The van der Waals surface area contributed by atoms with Crippen molar-refractivity contribution in [3.05, 3.63) is 52.1 Å². The zero-order valence-electron chi connectivity index (χ0n) is 18.4. The van der Waals surface area contributed by atoms with Crippen LogP contribution in [0.1, 0.15) is 41.4 Å². The molecule has 3 amide bonds. The van der Waals surface area contributed by atoms with Gasteiger partial charge in [-0.25, -0.2) is 4.79 Å².